The van der Waals surface area contributed by atoms with Crippen LogP contribution >= 0.6 is 11.6 Å². The van der Waals surface area contributed by atoms with Crippen molar-refractivity contribution in [1.82, 2.24) is 5.32 Å². The molecule has 170 valence electrons. The standard InChI is InChI=1S/C24H25ClF2N2O3/c1-23(2)12-9-10-24(23,3)14(11-12)13-7-8-17(20(30)19(13)25)28-22(32)29-21(31)18-15(26)5-4-6-16(18)27/h4-8,12,14,30H,9-11H2,1-3H3,(H2,28,29,31,32). The summed E-state index contributed by atoms with van der Waals surface area (Å²) in [4.78, 5) is 24.3. The summed E-state index contributed by atoms with van der Waals surface area (Å²) >= 11 is 6.51. The van der Waals surface area contributed by atoms with E-state index in [0.717, 1.165) is 36.6 Å². The minimum atomic E-state index is -1.24. The van der Waals surface area contributed by atoms with Gasteiger partial charge in [-0.1, -0.05) is 44.5 Å². The van der Waals surface area contributed by atoms with Crippen LogP contribution in [-0.4, -0.2) is 17.0 Å². The minimum Gasteiger partial charge on any atom is -0.504 e. The zero-order chi connectivity index (χ0) is 23.4. The monoisotopic (exact) mass is 462 g/mol. The molecule has 0 spiro atoms. The lowest BCUT2D eigenvalue weighted by atomic mass is 9.65. The predicted molar refractivity (Wildman–Crippen MR) is 118 cm³/mol. The van der Waals surface area contributed by atoms with Crippen LogP contribution in [0.5, 0.6) is 5.75 Å². The maximum absolute atomic E-state index is 13.7. The van der Waals surface area contributed by atoms with Gasteiger partial charge < -0.3 is 10.4 Å². The van der Waals surface area contributed by atoms with E-state index in [2.05, 4.69) is 26.1 Å². The Bertz CT molecular complexity index is 1100. The number of hydrogen-bond donors (Lipinski definition) is 3. The van der Waals surface area contributed by atoms with Crippen LogP contribution in [0.25, 0.3) is 0 Å². The van der Waals surface area contributed by atoms with E-state index in [1.807, 2.05) is 5.32 Å². The number of carbonyl (C=O) groups excluding carboxylic acids is 2. The Morgan fingerprint density at radius 3 is 2.34 bits per heavy atom. The van der Waals surface area contributed by atoms with E-state index in [4.69, 9.17) is 11.6 Å². The van der Waals surface area contributed by atoms with Crippen LogP contribution < -0.4 is 10.6 Å². The summed E-state index contributed by atoms with van der Waals surface area (Å²) < 4.78 is 27.5. The summed E-state index contributed by atoms with van der Waals surface area (Å²) in [7, 11) is 0. The van der Waals surface area contributed by atoms with Gasteiger partial charge in [-0.05, 0) is 65.7 Å². The first kappa shape index (κ1) is 22.5. The fourth-order valence-electron chi connectivity index (χ4n) is 5.66. The third-order valence-electron chi connectivity index (χ3n) is 7.98. The average molecular weight is 463 g/mol. The molecule has 5 nitrogen and oxygen atoms in total. The van der Waals surface area contributed by atoms with Crippen LogP contribution in [0, 0.1) is 28.4 Å². The lowest BCUT2D eigenvalue weighted by Crippen LogP contribution is -2.35. The van der Waals surface area contributed by atoms with Crippen LogP contribution in [0.2, 0.25) is 5.02 Å². The minimum absolute atomic E-state index is 0.00868. The van der Waals surface area contributed by atoms with E-state index in [-0.39, 0.29) is 33.2 Å². The maximum atomic E-state index is 13.7. The zero-order valence-corrected chi connectivity index (χ0v) is 18.8. The number of benzene rings is 2. The van der Waals surface area contributed by atoms with E-state index in [1.54, 1.807) is 6.07 Å². The summed E-state index contributed by atoms with van der Waals surface area (Å²) in [6, 6.07) is 5.19. The highest BCUT2D eigenvalue weighted by Crippen LogP contribution is 2.71. The molecule has 2 bridgehead atoms. The normalized spacial score (nSPS) is 25.6. The first-order chi connectivity index (χ1) is 15.0. The highest BCUT2D eigenvalue weighted by Gasteiger charge is 2.61. The smallest absolute Gasteiger partial charge is 0.326 e. The number of halogens is 3. The van der Waals surface area contributed by atoms with Crippen LogP contribution in [-0.2, 0) is 0 Å². The van der Waals surface area contributed by atoms with Crippen molar-refractivity contribution in [3.05, 3.63) is 58.1 Å². The highest BCUT2D eigenvalue weighted by atomic mass is 35.5. The SMILES string of the molecule is CC1(C)C2CCC1(C)C(c1ccc(NC(=O)NC(=O)c3c(F)cccc3F)c(O)c1Cl)C2. The highest BCUT2D eigenvalue weighted by molar-refractivity contribution is 6.33. The number of carbonyl (C=O) groups is 2. The molecular weight excluding hydrogens is 438 g/mol. The molecule has 2 aromatic carbocycles. The number of hydrogen-bond acceptors (Lipinski definition) is 3. The van der Waals surface area contributed by atoms with Gasteiger partial charge in [-0.25, -0.2) is 13.6 Å². The molecule has 8 heteroatoms. The quantitative estimate of drug-likeness (QED) is 0.474. The Labute approximate surface area is 190 Å². The molecule has 2 aliphatic carbocycles. The second kappa shape index (κ2) is 7.73. The van der Waals surface area contributed by atoms with Gasteiger partial charge in [-0.15, -0.1) is 0 Å². The van der Waals surface area contributed by atoms with Gasteiger partial charge in [0.2, 0.25) is 0 Å². The molecule has 3 unspecified atom stereocenters. The lowest BCUT2D eigenvalue weighted by molar-refractivity contribution is 0.0959. The third kappa shape index (κ3) is 3.34. The molecule has 3 N–H and O–H groups in total. The summed E-state index contributed by atoms with van der Waals surface area (Å²) in [5.41, 5.74) is 0.168. The molecular formula is C24H25ClF2N2O3. The van der Waals surface area contributed by atoms with Gasteiger partial charge in [0.1, 0.15) is 17.2 Å². The molecule has 2 aromatic rings. The van der Waals surface area contributed by atoms with Crippen molar-refractivity contribution in [1.29, 1.82) is 0 Å². The van der Waals surface area contributed by atoms with E-state index in [0.29, 0.717) is 5.92 Å². The maximum Gasteiger partial charge on any atom is 0.326 e. The second-order valence-corrected chi connectivity index (χ2v) is 9.91. The molecule has 32 heavy (non-hydrogen) atoms. The van der Waals surface area contributed by atoms with Crippen molar-refractivity contribution in [3.63, 3.8) is 0 Å². The largest absolute Gasteiger partial charge is 0.504 e. The molecule has 3 atom stereocenters. The number of imide groups is 1. The molecule has 2 aliphatic rings. The number of phenolic OH excluding ortho intramolecular Hbond substituents is 1. The number of rotatable bonds is 3. The Morgan fingerprint density at radius 1 is 1.12 bits per heavy atom. The van der Waals surface area contributed by atoms with Gasteiger partial charge >= 0.3 is 6.03 Å². The Kier molecular flexibility index (Phi) is 5.44. The molecule has 0 aliphatic heterocycles. The van der Waals surface area contributed by atoms with Crippen molar-refractivity contribution in [2.24, 2.45) is 16.7 Å². The van der Waals surface area contributed by atoms with Crippen molar-refractivity contribution in [2.75, 3.05) is 5.32 Å². The first-order valence-electron chi connectivity index (χ1n) is 10.5. The fraction of sp³-hybridized carbons (Fsp3) is 0.417. The number of amides is 3. The van der Waals surface area contributed by atoms with Gasteiger partial charge in [-0.3, -0.25) is 10.1 Å². The summed E-state index contributed by atoms with van der Waals surface area (Å²) in [5, 5.41) is 15.0. The number of aromatic hydroxyl groups is 1. The fourth-order valence-corrected chi connectivity index (χ4v) is 5.95. The lowest BCUT2D eigenvalue weighted by Gasteiger charge is -2.40. The molecule has 4 rings (SSSR count). The summed E-state index contributed by atoms with van der Waals surface area (Å²) in [6.07, 6.45) is 3.25. The van der Waals surface area contributed by atoms with Crippen molar-refractivity contribution in [2.45, 2.75) is 46.0 Å². The van der Waals surface area contributed by atoms with Crippen LogP contribution in [0.1, 0.15) is 61.9 Å². The number of urea groups is 1. The molecule has 3 amide bonds. The molecule has 0 radical (unpaired) electrons. The first-order valence-corrected chi connectivity index (χ1v) is 10.9. The topological polar surface area (TPSA) is 78.4 Å². The Morgan fingerprint density at radius 2 is 1.78 bits per heavy atom. The molecule has 0 saturated heterocycles. The van der Waals surface area contributed by atoms with Gasteiger partial charge in [0.25, 0.3) is 5.91 Å². The summed E-state index contributed by atoms with van der Waals surface area (Å²) in [6.45, 7) is 6.84. The van der Waals surface area contributed by atoms with E-state index >= 15 is 0 Å². The zero-order valence-electron chi connectivity index (χ0n) is 18.1. The third-order valence-corrected chi connectivity index (χ3v) is 8.38. The van der Waals surface area contributed by atoms with Gasteiger partial charge in [0.05, 0.1) is 10.7 Å². The van der Waals surface area contributed by atoms with E-state index in [9.17, 15) is 23.5 Å². The van der Waals surface area contributed by atoms with Crippen LogP contribution in [0.4, 0.5) is 19.3 Å². The second-order valence-electron chi connectivity index (χ2n) is 9.53. The van der Waals surface area contributed by atoms with Gasteiger partial charge in [-0.2, -0.15) is 0 Å². The number of nitrogens with one attached hydrogen (secondary N) is 2. The Balaban J connectivity index is 1.52. The molecule has 0 heterocycles. The number of anilines is 1. The predicted octanol–water partition coefficient (Wildman–Crippen LogP) is 6.22. The molecule has 2 fully saturated rings. The van der Waals surface area contributed by atoms with Crippen LogP contribution in [0.3, 0.4) is 0 Å². The average Bonchev–Trinajstić information content (AvgIpc) is 3.05. The van der Waals surface area contributed by atoms with Gasteiger partial charge in [0, 0.05) is 0 Å². The van der Waals surface area contributed by atoms with Gasteiger partial charge in [0.15, 0.2) is 5.75 Å². The van der Waals surface area contributed by atoms with Crippen LogP contribution in [0.15, 0.2) is 30.3 Å². The molecule has 2 saturated carbocycles. The van der Waals surface area contributed by atoms with E-state index in [1.165, 1.54) is 12.5 Å². The molecule has 0 aromatic heterocycles. The number of fused-ring (bicyclic) bond motifs is 2. The van der Waals surface area contributed by atoms with E-state index < -0.39 is 29.1 Å². The van der Waals surface area contributed by atoms with Crippen molar-refractivity contribution in [3.8, 4) is 5.75 Å². The van der Waals surface area contributed by atoms with Crippen molar-refractivity contribution < 1.29 is 23.5 Å². The summed E-state index contributed by atoms with van der Waals surface area (Å²) in [5.74, 6) is -2.96. The Hall–Kier alpha value is -2.67. The number of phenols is 1. The van der Waals surface area contributed by atoms with Crippen molar-refractivity contribution >= 4 is 29.2 Å².